The van der Waals surface area contributed by atoms with E-state index in [1.807, 2.05) is 12.3 Å². The molecule has 0 spiro atoms. The molecule has 2 N–H and O–H groups in total. The SMILES string of the molecule is OCC1COCCN1Cc1cn[nH]c1-c1ccc(-c2ccccc2)cc1. The van der Waals surface area contributed by atoms with E-state index in [4.69, 9.17) is 4.74 Å². The van der Waals surface area contributed by atoms with Gasteiger partial charge < -0.3 is 9.84 Å². The highest BCUT2D eigenvalue weighted by Crippen LogP contribution is 2.27. The van der Waals surface area contributed by atoms with Gasteiger partial charge in [0.1, 0.15) is 0 Å². The van der Waals surface area contributed by atoms with E-state index >= 15 is 0 Å². The Labute approximate surface area is 153 Å². The standard InChI is InChI=1S/C21H23N3O2/c25-14-20-15-26-11-10-24(20)13-19-12-22-23-21(19)18-8-6-17(7-9-18)16-4-2-1-3-5-16/h1-9,12,20,25H,10-11,13-15H2,(H,22,23). The summed E-state index contributed by atoms with van der Waals surface area (Å²) in [6.45, 7) is 2.97. The fourth-order valence-corrected chi connectivity index (χ4v) is 3.43. The summed E-state index contributed by atoms with van der Waals surface area (Å²) in [4.78, 5) is 2.26. The van der Waals surface area contributed by atoms with Crippen LogP contribution in [0.15, 0.2) is 60.8 Å². The van der Waals surface area contributed by atoms with E-state index < -0.39 is 0 Å². The molecule has 2 heterocycles. The van der Waals surface area contributed by atoms with Crippen molar-refractivity contribution in [2.24, 2.45) is 0 Å². The first-order valence-corrected chi connectivity index (χ1v) is 8.96. The van der Waals surface area contributed by atoms with Gasteiger partial charge in [-0.05, 0) is 16.7 Å². The molecule has 26 heavy (non-hydrogen) atoms. The third-order valence-electron chi connectivity index (χ3n) is 4.93. The van der Waals surface area contributed by atoms with Gasteiger partial charge in [0.05, 0.1) is 37.8 Å². The third-order valence-corrected chi connectivity index (χ3v) is 4.93. The maximum Gasteiger partial charge on any atom is 0.0695 e. The predicted octanol–water partition coefficient (Wildman–Crippen LogP) is 2.94. The Kier molecular flexibility index (Phi) is 5.11. The quantitative estimate of drug-likeness (QED) is 0.743. The number of nitrogens with zero attached hydrogens (tertiary/aromatic N) is 2. The summed E-state index contributed by atoms with van der Waals surface area (Å²) in [7, 11) is 0. The molecule has 0 aliphatic carbocycles. The summed E-state index contributed by atoms with van der Waals surface area (Å²) in [6.07, 6.45) is 1.88. The Morgan fingerprint density at radius 3 is 2.54 bits per heavy atom. The fraction of sp³-hybridized carbons (Fsp3) is 0.286. The van der Waals surface area contributed by atoms with Crippen molar-refractivity contribution >= 4 is 0 Å². The summed E-state index contributed by atoms with van der Waals surface area (Å²) in [5, 5.41) is 17.0. The van der Waals surface area contributed by atoms with Gasteiger partial charge in [-0.15, -0.1) is 0 Å². The molecule has 1 aliphatic rings. The molecule has 0 bridgehead atoms. The molecule has 0 amide bonds. The Balaban J connectivity index is 1.55. The van der Waals surface area contributed by atoms with Crippen LogP contribution in [0.3, 0.4) is 0 Å². The van der Waals surface area contributed by atoms with Crippen molar-refractivity contribution in [2.45, 2.75) is 12.6 Å². The smallest absolute Gasteiger partial charge is 0.0695 e. The number of aromatic nitrogens is 2. The zero-order valence-corrected chi connectivity index (χ0v) is 14.6. The molecule has 1 aromatic heterocycles. The lowest BCUT2D eigenvalue weighted by Gasteiger charge is -2.34. The normalized spacial score (nSPS) is 18.1. The highest BCUT2D eigenvalue weighted by molar-refractivity contribution is 5.69. The maximum absolute atomic E-state index is 9.57. The first kappa shape index (κ1) is 17.0. The third kappa shape index (κ3) is 3.55. The zero-order chi connectivity index (χ0) is 17.8. The largest absolute Gasteiger partial charge is 0.395 e. The number of hydrogen-bond acceptors (Lipinski definition) is 4. The molecule has 4 rings (SSSR count). The number of ether oxygens (including phenoxy) is 1. The lowest BCUT2D eigenvalue weighted by Crippen LogP contribution is -2.46. The maximum atomic E-state index is 9.57. The van der Waals surface area contributed by atoms with Gasteiger partial charge in [-0.2, -0.15) is 5.10 Å². The minimum Gasteiger partial charge on any atom is -0.395 e. The number of hydrogen-bond donors (Lipinski definition) is 2. The van der Waals surface area contributed by atoms with Gasteiger partial charge in [0.2, 0.25) is 0 Å². The van der Waals surface area contributed by atoms with E-state index in [9.17, 15) is 5.11 Å². The molecule has 0 radical (unpaired) electrons. The van der Waals surface area contributed by atoms with Crippen LogP contribution < -0.4 is 0 Å². The summed E-state index contributed by atoms with van der Waals surface area (Å²) in [6, 6.07) is 18.9. The summed E-state index contributed by atoms with van der Waals surface area (Å²) >= 11 is 0. The lowest BCUT2D eigenvalue weighted by atomic mass is 10.0. The van der Waals surface area contributed by atoms with Crippen LogP contribution in [0.2, 0.25) is 0 Å². The number of aliphatic hydroxyl groups is 1. The second kappa shape index (κ2) is 7.83. The molecule has 1 atom stereocenters. The van der Waals surface area contributed by atoms with Crippen molar-refractivity contribution < 1.29 is 9.84 Å². The van der Waals surface area contributed by atoms with Crippen molar-refractivity contribution in [3.05, 3.63) is 66.4 Å². The van der Waals surface area contributed by atoms with Crippen LogP contribution in [0, 0.1) is 0 Å². The number of H-pyrrole nitrogens is 1. The van der Waals surface area contributed by atoms with Gasteiger partial charge in [0.25, 0.3) is 0 Å². The van der Waals surface area contributed by atoms with Crippen LogP contribution in [0.25, 0.3) is 22.4 Å². The molecule has 134 valence electrons. The van der Waals surface area contributed by atoms with Gasteiger partial charge >= 0.3 is 0 Å². The van der Waals surface area contributed by atoms with Gasteiger partial charge in [-0.25, -0.2) is 0 Å². The monoisotopic (exact) mass is 349 g/mol. The molecular formula is C21H23N3O2. The average molecular weight is 349 g/mol. The number of morpholine rings is 1. The van der Waals surface area contributed by atoms with E-state index in [1.54, 1.807) is 0 Å². The van der Waals surface area contributed by atoms with Crippen LogP contribution in [0.1, 0.15) is 5.56 Å². The van der Waals surface area contributed by atoms with E-state index in [-0.39, 0.29) is 12.6 Å². The zero-order valence-electron chi connectivity index (χ0n) is 14.6. The molecule has 1 aliphatic heterocycles. The molecule has 5 heteroatoms. The lowest BCUT2D eigenvalue weighted by molar-refractivity contribution is -0.0312. The van der Waals surface area contributed by atoms with E-state index in [0.717, 1.165) is 29.9 Å². The number of rotatable bonds is 5. The topological polar surface area (TPSA) is 61.4 Å². The van der Waals surface area contributed by atoms with Crippen molar-refractivity contribution in [3.63, 3.8) is 0 Å². The summed E-state index contributed by atoms with van der Waals surface area (Å²) in [5.74, 6) is 0. The van der Waals surface area contributed by atoms with Crippen LogP contribution in [0.4, 0.5) is 0 Å². The number of benzene rings is 2. The highest BCUT2D eigenvalue weighted by Gasteiger charge is 2.23. The number of aromatic amines is 1. The second-order valence-electron chi connectivity index (χ2n) is 6.60. The van der Waals surface area contributed by atoms with Gasteiger partial charge in [-0.3, -0.25) is 10.00 Å². The van der Waals surface area contributed by atoms with Crippen LogP contribution >= 0.6 is 0 Å². The first-order chi connectivity index (χ1) is 12.8. The average Bonchev–Trinajstić information content (AvgIpc) is 3.17. The molecule has 3 aromatic rings. The molecule has 1 saturated heterocycles. The second-order valence-corrected chi connectivity index (χ2v) is 6.60. The van der Waals surface area contributed by atoms with Crippen molar-refractivity contribution in [1.29, 1.82) is 0 Å². The number of nitrogens with one attached hydrogen (secondary N) is 1. The first-order valence-electron chi connectivity index (χ1n) is 8.96. The number of aliphatic hydroxyl groups excluding tert-OH is 1. The van der Waals surface area contributed by atoms with Crippen molar-refractivity contribution in [3.8, 4) is 22.4 Å². The fourth-order valence-electron chi connectivity index (χ4n) is 3.43. The molecule has 0 saturated carbocycles. The van der Waals surface area contributed by atoms with Crippen molar-refractivity contribution in [2.75, 3.05) is 26.4 Å². The molecule has 5 nitrogen and oxygen atoms in total. The Morgan fingerprint density at radius 1 is 1.04 bits per heavy atom. The summed E-state index contributed by atoms with van der Waals surface area (Å²) in [5.41, 5.74) is 5.70. The Hall–Kier alpha value is -2.47. The Morgan fingerprint density at radius 2 is 1.77 bits per heavy atom. The van der Waals surface area contributed by atoms with Gasteiger partial charge in [-0.1, -0.05) is 54.6 Å². The molecule has 2 aromatic carbocycles. The van der Waals surface area contributed by atoms with Crippen LogP contribution in [0.5, 0.6) is 0 Å². The summed E-state index contributed by atoms with van der Waals surface area (Å²) < 4.78 is 5.47. The van der Waals surface area contributed by atoms with Crippen molar-refractivity contribution in [1.82, 2.24) is 15.1 Å². The molecular weight excluding hydrogens is 326 g/mol. The molecule has 1 unspecified atom stereocenters. The minimum absolute atomic E-state index is 0.0481. The van der Waals surface area contributed by atoms with Crippen LogP contribution in [-0.2, 0) is 11.3 Å². The highest BCUT2D eigenvalue weighted by atomic mass is 16.5. The van der Waals surface area contributed by atoms with E-state index in [0.29, 0.717) is 13.2 Å². The van der Waals surface area contributed by atoms with Crippen LogP contribution in [-0.4, -0.2) is 52.6 Å². The minimum atomic E-state index is 0.0481. The Bertz CT molecular complexity index is 830. The van der Waals surface area contributed by atoms with Gasteiger partial charge in [0.15, 0.2) is 0 Å². The predicted molar refractivity (Wildman–Crippen MR) is 102 cm³/mol. The molecule has 1 fully saturated rings. The van der Waals surface area contributed by atoms with E-state index in [2.05, 4.69) is 63.6 Å². The van der Waals surface area contributed by atoms with Gasteiger partial charge in [0, 0.05) is 18.7 Å². The van der Waals surface area contributed by atoms with E-state index in [1.165, 1.54) is 11.1 Å².